The van der Waals surface area contributed by atoms with Gasteiger partial charge in [-0.2, -0.15) is 5.06 Å². The summed E-state index contributed by atoms with van der Waals surface area (Å²) < 4.78 is 5.46. The molecule has 2 rings (SSSR count). The molecule has 0 aliphatic rings. The second-order valence-electron chi connectivity index (χ2n) is 4.60. The van der Waals surface area contributed by atoms with Crippen LogP contribution in [-0.4, -0.2) is 17.7 Å². The smallest absolute Gasteiger partial charge is 0.254 e. The first-order valence-corrected chi connectivity index (χ1v) is 7.00. The zero-order valence-electron chi connectivity index (χ0n) is 12.0. The second-order valence-corrected chi connectivity index (χ2v) is 4.60. The monoisotopic (exact) mass is 285 g/mol. The Hall–Kier alpha value is -2.33. The summed E-state index contributed by atoms with van der Waals surface area (Å²) >= 11 is 0. The van der Waals surface area contributed by atoms with Crippen molar-refractivity contribution in [3.8, 4) is 5.75 Å². The number of carbonyl (C=O) groups excluding carboxylic acids is 1. The summed E-state index contributed by atoms with van der Waals surface area (Å²) in [6.07, 6.45) is 0.866. The van der Waals surface area contributed by atoms with Crippen molar-refractivity contribution in [3.05, 3.63) is 60.2 Å². The molecule has 21 heavy (non-hydrogen) atoms. The summed E-state index contributed by atoms with van der Waals surface area (Å²) in [5.74, 6) is 0.329. The average Bonchev–Trinajstić information content (AvgIpc) is 2.55. The van der Waals surface area contributed by atoms with Gasteiger partial charge in [0.1, 0.15) is 5.75 Å². The highest BCUT2D eigenvalue weighted by atomic mass is 16.5. The lowest BCUT2D eigenvalue weighted by molar-refractivity contribution is -0.124. The van der Waals surface area contributed by atoms with Gasteiger partial charge in [-0.3, -0.25) is 10.0 Å². The van der Waals surface area contributed by atoms with Crippen LogP contribution in [0.15, 0.2) is 54.6 Å². The van der Waals surface area contributed by atoms with Crippen LogP contribution in [0.2, 0.25) is 0 Å². The number of benzene rings is 2. The molecule has 0 saturated carbocycles. The van der Waals surface area contributed by atoms with E-state index in [-0.39, 0.29) is 18.9 Å². The largest absolute Gasteiger partial charge is 0.493 e. The molecule has 110 valence electrons. The van der Waals surface area contributed by atoms with Gasteiger partial charge in [0.2, 0.25) is 0 Å². The Kier molecular flexibility index (Phi) is 5.35. The summed E-state index contributed by atoms with van der Waals surface area (Å²) in [6, 6.07) is 16.6. The van der Waals surface area contributed by atoms with Crippen molar-refractivity contribution >= 4 is 11.6 Å². The number of amides is 1. The maximum absolute atomic E-state index is 12.0. The van der Waals surface area contributed by atoms with Crippen molar-refractivity contribution in [2.45, 2.75) is 19.8 Å². The molecule has 0 bridgehead atoms. The Morgan fingerprint density at radius 2 is 1.76 bits per heavy atom. The number of para-hydroxylation sites is 2. The molecule has 1 amide bonds. The first kappa shape index (κ1) is 15.1. The van der Waals surface area contributed by atoms with Crippen molar-refractivity contribution < 1.29 is 14.7 Å². The van der Waals surface area contributed by atoms with Crippen LogP contribution in [0.3, 0.4) is 0 Å². The molecule has 2 aromatic rings. The Balaban J connectivity index is 1.91. The van der Waals surface area contributed by atoms with E-state index in [9.17, 15) is 10.0 Å². The van der Waals surface area contributed by atoms with E-state index in [4.69, 9.17) is 4.74 Å². The average molecular weight is 285 g/mol. The summed E-state index contributed by atoms with van der Waals surface area (Å²) in [7, 11) is 0. The zero-order chi connectivity index (χ0) is 15.1. The Bertz CT molecular complexity index is 584. The van der Waals surface area contributed by atoms with Gasteiger partial charge in [-0.1, -0.05) is 43.3 Å². The minimum Gasteiger partial charge on any atom is -0.493 e. The molecule has 0 atom stereocenters. The molecule has 0 heterocycles. The predicted octanol–water partition coefficient (Wildman–Crippen LogP) is 3.44. The minimum atomic E-state index is -0.383. The number of nitrogens with zero attached hydrogens (tertiary/aromatic N) is 1. The van der Waals surface area contributed by atoms with Gasteiger partial charge in [-0.15, -0.1) is 0 Å². The van der Waals surface area contributed by atoms with E-state index in [1.807, 2.05) is 49.4 Å². The number of hydrogen-bond donors (Lipinski definition) is 1. The number of rotatable bonds is 6. The number of hydrogen-bond acceptors (Lipinski definition) is 3. The van der Waals surface area contributed by atoms with Crippen LogP contribution in [0.4, 0.5) is 5.69 Å². The molecule has 0 unspecified atom stereocenters. The van der Waals surface area contributed by atoms with Gasteiger partial charge >= 0.3 is 0 Å². The van der Waals surface area contributed by atoms with Gasteiger partial charge in [0.05, 0.1) is 18.7 Å². The SMILES string of the molecule is CCc1ccccc1N(O)C(=O)CCOc1ccccc1. The fourth-order valence-electron chi connectivity index (χ4n) is 2.03. The van der Waals surface area contributed by atoms with Crippen LogP contribution >= 0.6 is 0 Å². The highest BCUT2D eigenvalue weighted by molar-refractivity contribution is 5.91. The van der Waals surface area contributed by atoms with E-state index in [2.05, 4.69) is 0 Å². The van der Waals surface area contributed by atoms with Crippen molar-refractivity contribution in [2.24, 2.45) is 0 Å². The van der Waals surface area contributed by atoms with E-state index in [1.165, 1.54) is 0 Å². The molecule has 2 aromatic carbocycles. The summed E-state index contributed by atoms with van der Waals surface area (Å²) in [6.45, 7) is 2.21. The molecule has 1 N–H and O–H groups in total. The lowest BCUT2D eigenvalue weighted by atomic mass is 10.1. The molecule has 0 aliphatic heterocycles. The Morgan fingerprint density at radius 1 is 1.10 bits per heavy atom. The standard InChI is InChI=1S/C17H19NO3/c1-2-14-8-6-7-11-16(14)18(20)17(19)12-13-21-15-9-4-3-5-10-15/h3-11,20H,2,12-13H2,1H3. The quantitative estimate of drug-likeness (QED) is 0.653. The van der Waals surface area contributed by atoms with Gasteiger partial charge in [-0.25, -0.2) is 0 Å². The van der Waals surface area contributed by atoms with Crippen LogP contribution < -0.4 is 9.80 Å². The fraction of sp³-hybridized carbons (Fsp3) is 0.235. The second kappa shape index (κ2) is 7.45. The molecular weight excluding hydrogens is 266 g/mol. The van der Waals surface area contributed by atoms with E-state index < -0.39 is 0 Å². The normalized spacial score (nSPS) is 10.2. The Morgan fingerprint density at radius 3 is 2.48 bits per heavy atom. The summed E-state index contributed by atoms with van der Waals surface area (Å²) in [5, 5.41) is 10.7. The van der Waals surface area contributed by atoms with Crippen LogP contribution in [-0.2, 0) is 11.2 Å². The highest BCUT2D eigenvalue weighted by Gasteiger charge is 2.15. The van der Waals surface area contributed by atoms with Gasteiger partial charge in [0.15, 0.2) is 0 Å². The van der Waals surface area contributed by atoms with Crippen molar-refractivity contribution in [3.63, 3.8) is 0 Å². The maximum atomic E-state index is 12.0. The molecule has 0 radical (unpaired) electrons. The maximum Gasteiger partial charge on any atom is 0.254 e. The molecule has 4 nitrogen and oxygen atoms in total. The van der Waals surface area contributed by atoms with Crippen LogP contribution in [0.25, 0.3) is 0 Å². The highest BCUT2D eigenvalue weighted by Crippen LogP contribution is 2.20. The zero-order valence-corrected chi connectivity index (χ0v) is 12.0. The van der Waals surface area contributed by atoms with Gasteiger partial charge in [0, 0.05) is 0 Å². The van der Waals surface area contributed by atoms with Crippen LogP contribution in [0.5, 0.6) is 5.75 Å². The van der Waals surface area contributed by atoms with Crippen molar-refractivity contribution in [2.75, 3.05) is 11.7 Å². The van der Waals surface area contributed by atoms with Gasteiger partial charge in [0.25, 0.3) is 5.91 Å². The first-order chi connectivity index (χ1) is 10.2. The summed E-state index contributed by atoms with van der Waals surface area (Å²) in [4.78, 5) is 12.0. The molecule has 0 saturated heterocycles. The van der Waals surface area contributed by atoms with Crippen molar-refractivity contribution in [1.82, 2.24) is 0 Å². The summed E-state index contributed by atoms with van der Waals surface area (Å²) in [5.41, 5.74) is 1.46. The number of ether oxygens (including phenoxy) is 1. The van der Waals surface area contributed by atoms with E-state index in [0.29, 0.717) is 16.5 Å². The topological polar surface area (TPSA) is 49.8 Å². The van der Waals surface area contributed by atoms with E-state index >= 15 is 0 Å². The molecule has 0 aromatic heterocycles. The van der Waals surface area contributed by atoms with Gasteiger partial charge < -0.3 is 4.74 Å². The molecule has 4 heteroatoms. The lowest BCUT2D eigenvalue weighted by Gasteiger charge is -2.18. The number of aryl methyl sites for hydroxylation is 1. The van der Waals surface area contributed by atoms with Gasteiger partial charge in [-0.05, 0) is 30.2 Å². The van der Waals surface area contributed by atoms with Crippen molar-refractivity contribution in [1.29, 1.82) is 0 Å². The first-order valence-electron chi connectivity index (χ1n) is 7.00. The van der Waals surface area contributed by atoms with Crippen LogP contribution in [0, 0.1) is 0 Å². The number of anilines is 1. The third kappa shape index (κ3) is 4.07. The third-order valence-corrected chi connectivity index (χ3v) is 3.16. The molecular formula is C17H19NO3. The van der Waals surface area contributed by atoms with E-state index in [0.717, 1.165) is 12.0 Å². The molecule has 0 aliphatic carbocycles. The molecule has 0 fully saturated rings. The number of hydroxylamine groups is 1. The minimum absolute atomic E-state index is 0.115. The van der Waals surface area contributed by atoms with Crippen LogP contribution in [0.1, 0.15) is 18.9 Å². The predicted molar refractivity (Wildman–Crippen MR) is 81.6 cm³/mol. The third-order valence-electron chi connectivity index (χ3n) is 3.16. The number of carbonyl (C=O) groups is 1. The molecule has 0 spiro atoms. The van der Waals surface area contributed by atoms with E-state index in [1.54, 1.807) is 12.1 Å². The fourth-order valence-corrected chi connectivity index (χ4v) is 2.03. The lowest BCUT2D eigenvalue weighted by Crippen LogP contribution is -2.29. The Labute approximate surface area is 124 Å².